The minimum Gasteiger partial charge on any atom is -0.488 e. The number of allylic oxidation sites excluding steroid dienone is 1. The number of aryl methyl sites for hydroxylation is 1. The van der Waals surface area contributed by atoms with E-state index in [9.17, 15) is 0 Å². The Morgan fingerprint density at radius 2 is 2.07 bits per heavy atom. The molecular formula is C14H20O. The molecule has 0 aromatic heterocycles. The maximum atomic E-state index is 5.80. The molecule has 0 fully saturated rings. The van der Waals surface area contributed by atoms with E-state index < -0.39 is 0 Å². The van der Waals surface area contributed by atoms with Crippen LogP contribution in [0.15, 0.2) is 36.9 Å². The van der Waals surface area contributed by atoms with Gasteiger partial charge >= 0.3 is 0 Å². The zero-order valence-electron chi connectivity index (χ0n) is 9.92. The monoisotopic (exact) mass is 204 g/mol. The third kappa shape index (κ3) is 4.68. The molecule has 0 aliphatic rings. The molecule has 0 aliphatic carbocycles. The summed E-state index contributed by atoms with van der Waals surface area (Å²) in [5, 5.41) is 0. The fourth-order valence-corrected chi connectivity index (χ4v) is 1.39. The Bertz CT molecular complexity index is 320. The van der Waals surface area contributed by atoms with Gasteiger partial charge in [-0.3, -0.25) is 0 Å². The summed E-state index contributed by atoms with van der Waals surface area (Å²) >= 11 is 0. The second-order valence-corrected chi connectivity index (χ2v) is 4.69. The second-order valence-electron chi connectivity index (χ2n) is 4.69. The maximum Gasteiger partial charge on any atom is 0.120 e. The van der Waals surface area contributed by atoms with Gasteiger partial charge in [-0.2, -0.15) is 0 Å². The first-order valence-electron chi connectivity index (χ1n) is 5.40. The molecule has 0 amide bonds. The van der Waals surface area contributed by atoms with Gasteiger partial charge in [-0.1, -0.05) is 18.2 Å². The summed E-state index contributed by atoms with van der Waals surface area (Å²) < 4.78 is 5.80. The summed E-state index contributed by atoms with van der Waals surface area (Å²) in [7, 11) is 0. The van der Waals surface area contributed by atoms with Crippen molar-refractivity contribution in [3.8, 4) is 5.75 Å². The van der Waals surface area contributed by atoms with E-state index in [2.05, 4.69) is 39.5 Å². The number of hydrogen-bond acceptors (Lipinski definition) is 1. The van der Waals surface area contributed by atoms with Crippen LogP contribution >= 0.6 is 0 Å². The fraction of sp³-hybridized carbons (Fsp3) is 0.429. The van der Waals surface area contributed by atoms with E-state index in [1.807, 2.05) is 18.2 Å². The SMILES string of the molecule is C=CCCc1cccc(OC(C)(C)C)c1. The molecule has 0 saturated heterocycles. The van der Waals surface area contributed by atoms with Gasteiger partial charge in [-0.15, -0.1) is 6.58 Å². The number of ether oxygens (including phenoxy) is 1. The van der Waals surface area contributed by atoms with Gasteiger partial charge in [0.25, 0.3) is 0 Å². The first-order valence-corrected chi connectivity index (χ1v) is 5.40. The van der Waals surface area contributed by atoms with E-state index >= 15 is 0 Å². The molecule has 0 radical (unpaired) electrons. The van der Waals surface area contributed by atoms with Crippen LogP contribution in [0.3, 0.4) is 0 Å². The average molecular weight is 204 g/mol. The third-order valence-corrected chi connectivity index (χ3v) is 1.96. The fourth-order valence-electron chi connectivity index (χ4n) is 1.39. The molecule has 0 aliphatic heterocycles. The highest BCUT2D eigenvalue weighted by Crippen LogP contribution is 2.19. The van der Waals surface area contributed by atoms with E-state index in [0.29, 0.717) is 0 Å². The van der Waals surface area contributed by atoms with E-state index in [1.165, 1.54) is 5.56 Å². The van der Waals surface area contributed by atoms with Gasteiger partial charge in [-0.05, 0) is 51.3 Å². The lowest BCUT2D eigenvalue weighted by molar-refractivity contribution is 0.131. The van der Waals surface area contributed by atoms with Crippen molar-refractivity contribution in [2.24, 2.45) is 0 Å². The van der Waals surface area contributed by atoms with Gasteiger partial charge < -0.3 is 4.74 Å². The van der Waals surface area contributed by atoms with E-state index in [4.69, 9.17) is 4.74 Å². The number of hydrogen-bond donors (Lipinski definition) is 0. The molecule has 0 unspecified atom stereocenters. The standard InChI is InChI=1S/C14H20O/c1-5-6-8-12-9-7-10-13(11-12)15-14(2,3)4/h5,7,9-11H,1,6,8H2,2-4H3. The predicted octanol–water partition coefficient (Wildman–Crippen LogP) is 3.98. The zero-order valence-corrected chi connectivity index (χ0v) is 9.92. The van der Waals surface area contributed by atoms with Crippen molar-refractivity contribution in [2.45, 2.75) is 39.2 Å². The van der Waals surface area contributed by atoms with Crippen LogP contribution < -0.4 is 4.74 Å². The summed E-state index contributed by atoms with van der Waals surface area (Å²) in [5.41, 5.74) is 1.17. The Morgan fingerprint density at radius 1 is 1.33 bits per heavy atom. The minimum atomic E-state index is -0.128. The van der Waals surface area contributed by atoms with Crippen molar-refractivity contribution in [3.05, 3.63) is 42.5 Å². The van der Waals surface area contributed by atoms with Crippen LogP contribution in [0.4, 0.5) is 0 Å². The lowest BCUT2D eigenvalue weighted by Crippen LogP contribution is -2.22. The Hall–Kier alpha value is -1.24. The Kier molecular flexibility index (Phi) is 3.96. The van der Waals surface area contributed by atoms with Crippen LogP contribution in [0.1, 0.15) is 32.8 Å². The second kappa shape index (κ2) is 5.01. The van der Waals surface area contributed by atoms with E-state index in [1.54, 1.807) is 0 Å². The van der Waals surface area contributed by atoms with Gasteiger partial charge in [0.15, 0.2) is 0 Å². The molecule has 0 heterocycles. The van der Waals surface area contributed by atoms with E-state index in [0.717, 1.165) is 18.6 Å². The molecular weight excluding hydrogens is 184 g/mol. The third-order valence-electron chi connectivity index (χ3n) is 1.96. The van der Waals surface area contributed by atoms with Crippen molar-refractivity contribution in [3.63, 3.8) is 0 Å². The van der Waals surface area contributed by atoms with Crippen LogP contribution in [0.5, 0.6) is 5.75 Å². The predicted molar refractivity (Wildman–Crippen MR) is 65.3 cm³/mol. The summed E-state index contributed by atoms with van der Waals surface area (Å²) in [6.45, 7) is 9.90. The highest BCUT2D eigenvalue weighted by molar-refractivity contribution is 5.29. The van der Waals surface area contributed by atoms with Crippen molar-refractivity contribution in [2.75, 3.05) is 0 Å². The van der Waals surface area contributed by atoms with Crippen LogP contribution in [0, 0.1) is 0 Å². The van der Waals surface area contributed by atoms with Gasteiger partial charge in [0.05, 0.1) is 0 Å². The topological polar surface area (TPSA) is 9.23 Å². The number of rotatable bonds is 4. The minimum absolute atomic E-state index is 0.128. The molecule has 1 nitrogen and oxygen atoms in total. The quantitative estimate of drug-likeness (QED) is 0.674. The summed E-state index contributed by atoms with van der Waals surface area (Å²) in [5.74, 6) is 0.948. The van der Waals surface area contributed by atoms with Crippen molar-refractivity contribution < 1.29 is 4.74 Å². The average Bonchev–Trinajstić information content (AvgIpc) is 2.12. The van der Waals surface area contributed by atoms with Gasteiger partial charge in [0, 0.05) is 0 Å². The van der Waals surface area contributed by atoms with Crippen LogP contribution in [-0.4, -0.2) is 5.60 Å². The molecule has 15 heavy (non-hydrogen) atoms. The lowest BCUT2D eigenvalue weighted by Gasteiger charge is -2.21. The summed E-state index contributed by atoms with van der Waals surface area (Å²) in [4.78, 5) is 0. The highest BCUT2D eigenvalue weighted by atomic mass is 16.5. The summed E-state index contributed by atoms with van der Waals surface area (Å²) in [6.07, 6.45) is 3.99. The Labute approximate surface area is 92.8 Å². The molecule has 1 aromatic carbocycles. The van der Waals surface area contributed by atoms with Crippen LogP contribution in [0.2, 0.25) is 0 Å². The highest BCUT2D eigenvalue weighted by Gasteiger charge is 2.11. The first-order chi connectivity index (χ1) is 7.01. The van der Waals surface area contributed by atoms with Gasteiger partial charge in [0.1, 0.15) is 11.4 Å². The normalized spacial score (nSPS) is 11.1. The molecule has 1 aromatic rings. The van der Waals surface area contributed by atoms with Crippen molar-refractivity contribution in [1.29, 1.82) is 0 Å². The molecule has 1 rings (SSSR count). The summed E-state index contributed by atoms with van der Waals surface area (Å²) in [6, 6.07) is 8.27. The van der Waals surface area contributed by atoms with Gasteiger partial charge in [0.2, 0.25) is 0 Å². The lowest BCUT2D eigenvalue weighted by atomic mass is 10.1. The molecule has 1 heteroatoms. The van der Waals surface area contributed by atoms with Crippen LogP contribution in [0.25, 0.3) is 0 Å². The molecule has 0 saturated carbocycles. The molecule has 0 bridgehead atoms. The Balaban J connectivity index is 2.69. The molecule has 0 N–H and O–H groups in total. The Morgan fingerprint density at radius 3 is 2.67 bits per heavy atom. The molecule has 82 valence electrons. The largest absolute Gasteiger partial charge is 0.488 e. The first kappa shape index (κ1) is 11.8. The van der Waals surface area contributed by atoms with Crippen molar-refractivity contribution in [1.82, 2.24) is 0 Å². The molecule has 0 atom stereocenters. The maximum absolute atomic E-state index is 5.80. The molecule has 0 spiro atoms. The van der Waals surface area contributed by atoms with Crippen molar-refractivity contribution >= 4 is 0 Å². The smallest absolute Gasteiger partial charge is 0.120 e. The van der Waals surface area contributed by atoms with E-state index in [-0.39, 0.29) is 5.60 Å². The van der Waals surface area contributed by atoms with Crippen LogP contribution in [-0.2, 0) is 6.42 Å². The van der Waals surface area contributed by atoms with Gasteiger partial charge in [-0.25, -0.2) is 0 Å². The number of benzene rings is 1. The zero-order chi connectivity index (χ0) is 11.3.